The van der Waals surface area contributed by atoms with Crippen LogP contribution in [0.15, 0.2) is 30.6 Å². The second-order valence-electron chi connectivity index (χ2n) is 4.78. The van der Waals surface area contributed by atoms with Crippen LogP contribution in [-0.4, -0.2) is 32.1 Å². The number of rotatable bonds is 3. The number of anilines is 1. The van der Waals surface area contributed by atoms with Crippen molar-refractivity contribution in [1.82, 2.24) is 14.8 Å². The molecule has 0 atom stereocenters. The molecule has 0 unspecified atom stereocenters. The summed E-state index contributed by atoms with van der Waals surface area (Å²) in [4.78, 5) is 27.5. The van der Waals surface area contributed by atoms with E-state index in [9.17, 15) is 14.9 Å². The summed E-state index contributed by atoms with van der Waals surface area (Å²) in [6, 6.07) is 7.77. The lowest BCUT2D eigenvalue weighted by molar-refractivity contribution is -0.394. The molecule has 0 aliphatic carbocycles. The molecule has 8 nitrogen and oxygen atoms in total. The van der Waals surface area contributed by atoms with Crippen molar-refractivity contribution in [2.24, 2.45) is 0 Å². The maximum atomic E-state index is 12.4. The fourth-order valence-corrected chi connectivity index (χ4v) is 2.46. The number of amides is 1. The third kappa shape index (κ3) is 2.60. The fraction of sp³-hybridized carbons (Fsp3) is 0.308. The molecule has 0 spiro atoms. The van der Waals surface area contributed by atoms with Crippen molar-refractivity contribution in [2.75, 3.05) is 11.4 Å². The molecular formula is C13H13N5O3. The SMILES string of the molecule is O=C(Cn1cnc([N+](=O)[O-])n1)N1CCCc2ccccc21. The first-order valence-corrected chi connectivity index (χ1v) is 6.57. The Kier molecular flexibility index (Phi) is 3.35. The lowest BCUT2D eigenvalue weighted by Gasteiger charge is -2.29. The zero-order chi connectivity index (χ0) is 14.8. The standard InChI is InChI=1S/C13H13N5O3/c19-12(8-16-9-14-13(15-16)18(20)21)17-7-3-5-10-4-1-2-6-11(10)17/h1-2,4,6,9H,3,5,7-8H2. The Balaban J connectivity index is 1.78. The van der Waals surface area contributed by atoms with E-state index in [0.717, 1.165) is 24.1 Å². The molecule has 0 saturated heterocycles. The highest BCUT2D eigenvalue weighted by Gasteiger charge is 2.24. The predicted octanol–water partition coefficient (Wildman–Crippen LogP) is 1.17. The second kappa shape index (κ2) is 5.31. The Labute approximate surface area is 120 Å². The number of aryl methyl sites for hydroxylation is 1. The van der Waals surface area contributed by atoms with Gasteiger partial charge in [0.2, 0.25) is 12.2 Å². The van der Waals surface area contributed by atoms with Gasteiger partial charge in [0, 0.05) is 17.3 Å². The Morgan fingerprint density at radius 2 is 2.19 bits per heavy atom. The van der Waals surface area contributed by atoms with Crippen LogP contribution in [0.5, 0.6) is 0 Å². The smallest absolute Gasteiger partial charge is 0.390 e. The van der Waals surface area contributed by atoms with Crippen LogP contribution in [0.1, 0.15) is 12.0 Å². The third-order valence-electron chi connectivity index (χ3n) is 3.40. The Bertz CT molecular complexity index is 697. The van der Waals surface area contributed by atoms with Crippen molar-refractivity contribution in [1.29, 1.82) is 0 Å². The molecule has 1 aliphatic heterocycles. The number of benzene rings is 1. The van der Waals surface area contributed by atoms with Crippen LogP contribution in [0.3, 0.4) is 0 Å². The summed E-state index contributed by atoms with van der Waals surface area (Å²) in [6.07, 6.45) is 3.06. The Morgan fingerprint density at radius 3 is 2.95 bits per heavy atom. The summed E-state index contributed by atoms with van der Waals surface area (Å²) in [5, 5.41) is 14.2. The minimum atomic E-state index is -0.683. The highest BCUT2D eigenvalue weighted by molar-refractivity contribution is 5.94. The minimum Gasteiger partial charge on any atom is -0.390 e. The van der Waals surface area contributed by atoms with Gasteiger partial charge < -0.3 is 15.0 Å². The van der Waals surface area contributed by atoms with Crippen LogP contribution < -0.4 is 4.90 Å². The zero-order valence-electron chi connectivity index (χ0n) is 11.2. The van der Waals surface area contributed by atoms with Crippen LogP contribution in [0.2, 0.25) is 0 Å². The molecule has 2 heterocycles. The first kappa shape index (κ1) is 13.2. The fourth-order valence-electron chi connectivity index (χ4n) is 2.46. The molecule has 108 valence electrons. The number of hydrogen-bond donors (Lipinski definition) is 0. The topological polar surface area (TPSA) is 94.2 Å². The van der Waals surface area contributed by atoms with E-state index in [-0.39, 0.29) is 12.5 Å². The highest BCUT2D eigenvalue weighted by atomic mass is 16.6. The summed E-state index contributed by atoms with van der Waals surface area (Å²) < 4.78 is 1.19. The van der Waals surface area contributed by atoms with E-state index in [2.05, 4.69) is 10.1 Å². The quantitative estimate of drug-likeness (QED) is 0.623. The van der Waals surface area contributed by atoms with Gasteiger partial charge in [-0.3, -0.25) is 4.79 Å². The first-order chi connectivity index (χ1) is 10.1. The molecule has 21 heavy (non-hydrogen) atoms. The van der Waals surface area contributed by atoms with Crippen LogP contribution in [0, 0.1) is 10.1 Å². The van der Waals surface area contributed by atoms with Crippen molar-refractivity contribution < 1.29 is 9.72 Å². The highest BCUT2D eigenvalue weighted by Crippen LogP contribution is 2.26. The number of nitrogens with zero attached hydrogens (tertiary/aromatic N) is 5. The molecule has 3 rings (SSSR count). The maximum Gasteiger partial charge on any atom is 0.490 e. The van der Waals surface area contributed by atoms with E-state index in [0.29, 0.717) is 6.54 Å². The molecule has 0 bridgehead atoms. The summed E-state index contributed by atoms with van der Waals surface area (Å²) in [5.41, 5.74) is 2.05. The van der Waals surface area contributed by atoms with Gasteiger partial charge in [-0.25, -0.2) is 0 Å². The molecule has 0 fully saturated rings. The van der Waals surface area contributed by atoms with Crippen molar-refractivity contribution in [3.05, 3.63) is 46.3 Å². The van der Waals surface area contributed by atoms with E-state index >= 15 is 0 Å². The van der Waals surface area contributed by atoms with Gasteiger partial charge >= 0.3 is 5.95 Å². The number of carbonyl (C=O) groups is 1. The van der Waals surface area contributed by atoms with Gasteiger partial charge in [0.25, 0.3) is 0 Å². The van der Waals surface area contributed by atoms with Crippen LogP contribution in [0.4, 0.5) is 11.6 Å². The van der Waals surface area contributed by atoms with E-state index in [1.54, 1.807) is 4.90 Å². The molecule has 1 amide bonds. The Morgan fingerprint density at radius 1 is 1.38 bits per heavy atom. The molecule has 0 saturated carbocycles. The lowest BCUT2D eigenvalue weighted by Crippen LogP contribution is -2.37. The lowest BCUT2D eigenvalue weighted by atomic mass is 10.0. The normalized spacial score (nSPS) is 13.8. The minimum absolute atomic E-state index is 0.0603. The molecule has 0 radical (unpaired) electrons. The van der Waals surface area contributed by atoms with E-state index in [1.807, 2.05) is 24.3 Å². The van der Waals surface area contributed by atoms with Crippen LogP contribution in [-0.2, 0) is 17.8 Å². The number of hydrogen-bond acceptors (Lipinski definition) is 5. The molecule has 1 aliphatic rings. The number of carbonyl (C=O) groups excluding carboxylic acids is 1. The largest absolute Gasteiger partial charge is 0.490 e. The van der Waals surface area contributed by atoms with Gasteiger partial charge in [-0.1, -0.05) is 23.2 Å². The van der Waals surface area contributed by atoms with E-state index in [1.165, 1.54) is 11.0 Å². The summed E-state index contributed by atoms with van der Waals surface area (Å²) in [5.74, 6) is -0.649. The number of aromatic nitrogens is 3. The van der Waals surface area contributed by atoms with Gasteiger partial charge in [0.05, 0.1) is 0 Å². The first-order valence-electron chi connectivity index (χ1n) is 6.57. The molecule has 1 aromatic heterocycles. The maximum absolute atomic E-state index is 12.4. The van der Waals surface area contributed by atoms with Gasteiger partial charge in [-0.2, -0.15) is 4.68 Å². The van der Waals surface area contributed by atoms with Crippen molar-refractivity contribution in [3.8, 4) is 0 Å². The molecule has 1 aromatic carbocycles. The molecule has 8 heteroatoms. The summed E-state index contributed by atoms with van der Waals surface area (Å²) in [7, 11) is 0. The van der Waals surface area contributed by atoms with Gasteiger partial charge in [-0.15, -0.1) is 0 Å². The summed E-state index contributed by atoms with van der Waals surface area (Å²) >= 11 is 0. The number of nitro groups is 1. The van der Waals surface area contributed by atoms with E-state index in [4.69, 9.17) is 0 Å². The third-order valence-corrected chi connectivity index (χ3v) is 3.40. The van der Waals surface area contributed by atoms with Gasteiger partial charge in [0.1, 0.15) is 6.54 Å². The Hall–Kier alpha value is -2.77. The van der Waals surface area contributed by atoms with Crippen LogP contribution in [0.25, 0.3) is 0 Å². The number of fused-ring (bicyclic) bond motifs is 1. The van der Waals surface area contributed by atoms with Crippen LogP contribution >= 0.6 is 0 Å². The van der Waals surface area contributed by atoms with Crippen molar-refractivity contribution in [3.63, 3.8) is 0 Å². The van der Waals surface area contributed by atoms with Gasteiger partial charge in [0.15, 0.2) is 0 Å². The molecule has 0 N–H and O–H groups in total. The molecule has 2 aromatic rings. The second-order valence-corrected chi connectivity index (χ2v) is 4.78. The summed E-state index contributed by atoms with van der Waals surface area (Å²) in [6.45, 7) is 0.585. The zero-order valence-corrected chi connectivity index (χ0v) is 11.2. The number of para-hydroxylation sites is 1. The van der Waals surface area contributed by atoms with E-state index < -0.39 is 10.9 Å². The van der Waals surface area contributed by atoms with Gasteiger partial charge in [-0.05, 0) is 29.4 Å². The predicted molar refractivity (Wildman–Crippen MR) is 73.8 cm³/mol. The average Bonchev–Trinajstić information content (AvgIpc) is 2.95. The monoisotopic (exact) mass is 287 g/mol. The van der Waals surface area contributed by atoms with Crippen molar-refractivity contribution >= 4 is 17.5 Å². The molecular weight excluding hydrogens is 274 g/mol. The van der Waals surface area contributed by atoms with Crippen molar-refractivity contribution in [2.45, 2.75) is 19.4 Å². The average molecular weight is 287 g/mol.